The molecule has 1 N–H and O–H groups in total. The molecule has 2 aromatic rings. The molecule has 6 heteroatoms. The molecular weight excluding hydrogens is 382 g/mol. The summed E-state index contributed by atoms with van der Waals surface area (Å²) in [7, 11) is 0. The maximum absolute atomic E-state index is 12.4. The van der Waals surface area contributed by atoms with Gasteiger partial charge >= 0.3 is 5.97 Å². The van der Waals surface area contributed by atoms with Crippen LogP contribution in [0.4, 0.5) is 0 Å². The number of halogens is 1. The SMILES string of the molecule is CSCC[C@H](NC(=O)c1ccc(Cl)cc1)C(=O)OC/C=C/c1ccccc1. The van der Waals surface area contributed by atoms with Crippen molar-refractivity contribution >= 4 is 41.3 Å². The van der Waals surface area contributed by atoms with Crippen LogP contribution in [0.5, 0.6) is 0 Å². The number of benzene rings is 2. The average molecular weight is 404 g/mol. The third-order valence-corrected chi connectivity index (χ3v) is 4.63. The number of thioether (sulfide) groups is 1. The minimum Gasteiger partial charge on any atom is -0.460 e. The molecule has 1 amide bonds. The van der Waals surface area contributed by atoms with E-state index in [0.29, 0.717) is 17.0 Å². The Morgan fingerprint density at radius 2 is 1.85 bits per heavy atom. The molecule has 0 aliphatic rings. The first-order valence-corrected chi connectivity index (χ1v) is 10.3. The molecule has 4 nitrogen and oxygen atoms in total. The molecule has 0 aliphatic carbocycles. The largest absolute Gasteiger partial charge is 0.460 e. The molecule has 0 heterocycles. The van der Waals surface area contributed by atoms with Gasteiger partial charge < -0.3 is 10.1 Å². The van der Waals surface area contributed by atoms with Crippen molar-refractivity contribution < 1.29 is 14.3 Å². The van der Waals surface area contributed by atoms with Gasteiger partial charge in [-0.3, -0.25) is 4.79 Å². The van der Waals surface area contributed by atoms with E-state index in [1.807, 2.05) is 42.7 Å². The molecule has 2 rings (SSSR count). The second-order valence-corrected chi connectivity index (χ2v) is 7.18. The van der Waals surface area contributed by atoms with E-state index >= 15 is 0 Å². The molecule has 0 unspecified atom stereocenters. The third kappa shape index (κ3) is 7.49. The van der Waals surface area contributed by atoms with Crippen molar-refractivity contribution in [1.29, 1.82) is 0 Å². The number of nitrogens with one attached hydrogen (secondary N) is 1. The highest BCUT2D eigenvalue weighted by atomic mass is 35.5. The number of carbonyl (C=O) groups is 2. The highest BCUT2D eigenvalue weighted by molar-refractivity contribution is 7.98. The zero-order valence-electron chi connectivity index (χ0n) is 15.1. The fourth-order valence-corrected chi connectivity index (χ4v) is 2.90. The van der Waals surface area contributed by atoms with Crippen molar-refractivity contribution in [3.63, 3.8) is 0 Å². The summed E-state index contributed by atoms with van der Waals surface area (Å²) in [4.78, 5) is 24.7. The second kappa shape index (κ2) is 11.5. The van der Waals surface area contributed by atoms with Crippen LogP contribution < -0.4 is 5.32 Å². The number of hydrogen-bond donors (Lipinski definition) is 1. The molecule has 0 aliphatic heterocycles. The fourth-order valence-electron chi connectivity index (χ4n) is 2.31. The predicted molar refractivity (Wildman–Crippen MR) is 112 cm³/mol. The Labute approximate surface area is 168 Å². The van der Waals surface area contributed by atoms with Crippen molar-refractivity contribution in [2.75, 3.05) is 18.6 Å². The highest BCUT2D eigenvalue weighted by Crippen LogP contribution is 2.11. The van der Waals surface area contributed by atoms with E-state index in [-0.39, 0.29) is 12.5 Å². The Morgan fingerprint density at radius 1 is 1.15 bits per heavy atom. The first kappa shape index (κ1) is 21.1. The lowest BCUT2D eigenvalue weighted by Gasteiger charge is -2.17. The molecule has 0 fully saturated rings. The second-order valence-electron chi connectivity index (χ2n) is 5.76. The summed E-state index contributed by atoms with van der Waals surface area (Å²) in [5, 5.41) is 3.30. The first-order chi connectivity index (χ1) is 13.1. The van der Waals surface area contributed by atoms with E-state index in [4.69, 9.17) is 16.3 Å². The van der Waals surface area contributed by atoms with E-state index in [9.17, 15) is 9.59 Å². The van der Waals surface area contributed by atoms with Gasteiger partial charge in [-0.15, -0.1) is 0 Å². The van der Waals surface area contributed by atoms with E-state index in [0.717, 1.165) is 11.3 Å². The molecule has 0 bridgehead atoms. The average Bonchev–Trinajstić information content (AvgIpc) is 2.69. The maximum atomic E-state index is 12.4. The topological polar surface area (TPSA) is 55.4 Å². The van der Waals surface area contributed by atoms with E-state index in [2.05, 4.69) is 5.32 Å². The molecule has 2 aromatic carbocycles. The molecule has 142 valence electrons. The van der Waals surface area contributed by atoms with Crippen LogP contribution in [0.15, 0.2) is 60.7 Å². The van der Waals surface area contributed by atoms with E-state index < -0.39 is 12.0 Å². The van der Waals surface area contributed by atoms with Gasteiger partial charge in [0.05, 0.1) is 0 Å². The van der Waals surface area contributed by atoms with Crippen LogP contribution in [0.2, 0.25) is 5.02 Å². The Bertz CT molecular complexity index is 763. The van der Waals surface area contributed by atoms with Gasteiger partial charge in [-0.2, -0.15) is 11.8 Å². The first-order valence-electron chi connectivity index (χ1n) is 8.53. The lowest BCUT2D eigenvalue weighted by molar-refractivity contribution is -0.144. The highest BCUT2D eigenvalue weighted by Gasteiger charge is 2.22. The minimum absolute atomic E-state index is 0.153. The molecule has 27 heavy (non-hydrogen) atoms. The molecule has 1 atom stereocenters. The van der Waals surface area contributed by atoms with Crippen LogP contribution in [0, 0.1) is 0 Å². The minimum atomic E-state index is -0.689. The van der Waals surface area contributed by atoms with Crippen molar-refractivity contribution in [3.8, 4) is 0 Å². The van der Waals surface area contributed by atoms with Crippen LogP contribution >= 0.6 is 23.4 Å². The van der Waals surface area contributed by atoms with Gasteiger partial charge in [0.2, 0.25) is 0 Å². The van der Waals surface area contributed by atoms with Crippen molar-refractivity contribution in [1.82, 2.24) is 5.32 Å². The van der Waals surface area contributed by atoms with Crippen molar-refractivity contribution in [2.24, 2.45) is 0 Å². The van der Waals surface area contributed by atoms with Gasteiger partial charge in [-0.05, 0) is 54.3 Å². The molecule has 0 spiro atoms. The molecule has 0 radical (unpaired) electrons. The number of hydrogen-bond acceptors (Lipinski definition) is 4. The smallest absolute Gasteiger partial charge is 0.328 e. The van der Waals surface area contributed by atoms with Gasteiger partial charge in [0.1, 0.15) is 12.6 Å². The Hall–Kier alpha value is -2.24. The van der Waals surface area contributed by atoms with E-state index in [1.54, 1.807) is 42.1 Å². The zero-order valence-corrected chi connectivity index (χ0v) is 16.6. The summed E-state index contributed by atoms with van der Waals surface area (Å²) in [6, 6.07) is 15.6. The summed E-state index contributed by atoms with van der Waals surface area (Å²) in [6.07, 6.45) is 6.12. The quantitative estimate of drug-likeness (QED) is 0.628. The molecule has 0 saturated carbocycles. The number of carbonyl (C=O) groups excluding carboxylic acids is 2. The number of rotatable bonds is 9. The van der Waals surface area contributed by atoms with Gasteiger partial charge in [-0.25, -0.2) is 4.79 Å². The summed E-state index contributed by atoms with van der Waals surface area (Å²) in [6.45, 7) is 0.153. The summed E-state index contributed by atoms with van der Waals surface area (Å²) >= 11 is 7.45. The van der Waals surface area contributed by atoms with Crippen LogP contribution in [0.3, 0.4) is 0 Å². The van der Waals surface area contributed by atoms with Gasteiger partial charge in [0, 0.05) is 10.6 Å². The molecule has 0 aromatic heterocycles. The van der Waals surface area contributed by atoms with Crippen LogP contribution in [-0.2, 0) is 9.53 Å². The monoisotopic (exact) mass is 403 g/mol. The number of esters is 1. The number of amides is 1. The lowest BCUT2D eigenvalue weighted by atomic mass is 10.1. The van der Waals surface area contributed by atoms with Gasteiger partial charge in [-0.1, -0.05) is 48.0 Å². The number of ether oxygens (including phenoxy) is 1. The van der Waals surface area contributed by atoms with Crippen LogP contribution in [0.1, 0.15) is 22.3 Å². The van der Waals surface area contributed by atoms with Crippen LogP contribution in [0.25, 0.3) is 6.08 Å². The Morgan fingerprint density at radius 3 is 2.52 bits per heavy atom. The Kier molecular flexibility index (Phi) is 8.95. The standard InChI is InChI=1S/C21H22ClNO3S/c1-27-15-13-19(23-20(24)17-9-11-18(22)12-10-17)21(25)26-14-5-8-16-6-3-2-4-7-16/h2-12,19H,13-15H2,1H3,(H,23,24)/b8-5+/t19-/m0/s1. The van der Waals surface area contributed by atoms with E-state index in [1.165, 1.54) is 0 Å². The Balaban J connectivity index is 1.91. The molecule has 0 saturated heterocycles. The summed E-state index contributed by atoms with van der Waals surface area (Å²) < 4.78 is 5.31. The predicted octanol–water partition coefficient (Wildman–Crippen LogP) is 4.45. The fraction of sp³-hybridized carbons (Fsp3) is 0.238. The molecular formula is C21H22ClNO3S. The zero-order chi connectivity index (χ0) is 19.5. The lowest BCUT2D eigenvalue weighted by Crippen LogP contribution is -2.42. The maximum Gasteiger partial charge on any atom is 0.328 e. The van der Waals surface area contributed by atoms with Crippen molar-refractivity contribution in [3.05, 3.63) is 76.8 Å². The van der Waals surface area contributed by atoms with Crippen molar-refractivity contribution in [2.45, 2.75) is 12.5 Å². The summed E-state index contributed by atoms with van der Waals surface area (Å²) in [5.41, 5.74) is 1.48. The van der Waals surface area contributed by atoms with Gasteiger partial charge in [0.25, 0.3) is 5.91 Å². The summed E-state index contributed by atoms with van der Waals surface area (Å²) in [5.74, 6) is -0.0285. The van der Waals surface area contributed by atoms with Gasteiger partial charge in [0.15, 0.2) is 0 Å². The third-order valence-electron chi connectivity index (χ3n) is 3.74. The van der Waals surface area contributed by atoms with Crippen LogP contribution in [-0.4, -0.2) is 36.5 Å². The normalized spacial score (nSPS) is 11.9.